The second-order valence-corrected chi connectivity index (χ2v) is 7.07. The molecular formula is C25H22N2O3. The third-order valence-electron chi connectivity index (χ3n) is 4.86. The van der Waals surface area contributed by atoms with Crippen molar-refractivity contribution in [3.8, 4) is 0 Å². The number of carbonyl (C=O) groups is 2. The number of aromatic nitrogens is 1. The lowest BCUT2D eigenvalue weighted by Crippen LogP contribution is -2.34. The fourth-order valence-electron chi connectivity index (χ4n) is 3.32. The maximum Gasteiger partial charge on any atom is 0.355 e. The molecule has 1 aromatic heterocycles. The van der Waals surface area contributed by atoms with Crippen LogP contribution in [0.5, 0.6) is 0 Å². The van der Waals surface area contributed by atoms with Gasteiger partial charge in [0.05, 0.1) is 0 Å². The summed E-state index contributed by atoms with van der Waals surface area (Å²) in [5.74, 6) is -0.786. The third kappa shape index (κ3) is 4.75. The number of hydrogen-bond donors (Lipinski definition) is 1. The van der Waals surface area contributed by atoms with Crippen molar-refractivity contribution in [2.24, 2.45) is 0 Å². The summed E-state index contributed by atoms with van der Waals surface area (Å²) in [4.78, 5) is 30.1. The van der Waals surface area contributed by atoms with E-state index in [0.717, 1.165) is 22.0 Å². The summed E-state index contributed by atoms with van der Waals surface area (Å²) >= 11 is 0. The second kappa shape index (κ2) is 9.09. The van der Waals surface area contributed by atoms with Gasteiger partial charge < -0.3 is 14.6 Å². The van der Waals surface area contributed by atoms with Crippen molar-refractivity contribution in [1.29, 1.82) is 0 Å². The number of ether oxygens (including phenoxy) is 1. The molecule has 1 amide bonds. The summed E-state index contributed by atoms with van der Waals surface area (Å²) < 4.78 is 5.31. The summed E-state index contributed by atoms with van der Waals surface area (Å²) in [5, 5.41) is 0.922. The standard InChI is InChI=1S/C25H22N2O3/c28-24(18-30-25(29)23-15-21-13-7-8-14-22(21)26-23)27(16-19-9-3-1-4-10-19)17-20-11-5-2-6-12-20/h1-15,26H,16-18H2. The average Bonchev–Trinajstić information content (AvgIpc) is 3.23. The molecule has 0 aliphatic rings. The number of nitrogens with zero attached hydrogens (tertiary/aromatic N) is 1. The molecule has 0 saturated heterocycles. The number of aromatic amines is 1. The van der Waals surface area contributed by atoms with Gasteiger partial charge in [0.15, 0.2) is 6.61 Å². The molecule has 1 heterocycles. The zero-order valence-corrected chi connectivity index (χ0v) is 16.5. The van der Waals surface area contributed by atoms with Crippen LogP contribution in [-0.2, 0) is 22.6 Å². The van der Waals surface area contributed by atoms with Crippen LogP contribution in [0, 0.1) is 0 Å². The van der Waals surface area contributed by atoms with Gasteiger partial charge in [-0.2, -0.15) is 0 Å². The Bertz CT molecular complexity index is 1060. The van der Waals surface area contributed by atoms with Gasteiger partial charge in [0.1, 0.15) is 5.69 Å². The SMILES string of the molecule is O=C(OCC(=O)N(Cc1ccccc1)Cc1ccccc1)c1cc2ccccc2[nH]1. The highest BCUT2D eigenvalue weighted by Gasteiger charge is 2.18. The fraction of sp³-hybridized carbons (Fsp3) is 0.120. The first kappa shape index (κ1) is 19.5. The summed E-state index contributed by atoms with van der Waals surface area (Å²) in [5.41, 5.74) is 3.22. The van der Waals surface area contributed by atoms with Crippen molar-refractivity contribution in [1.82, 2.24) is 9.88 Å². The Kier molecular flexibility index (Phi) is 5.90. The summed E-state index contributed by atoms with van der Waals surface area (Å²) in [7, 11) is 0. The van der Waals surface area contributed by atoms with Crippen LogP contribution in [0.25, 0.3) is 10.9 Å². The van der Waals surface area contributed by atoms with Gasteiger partial charge >= 0.3 is 5.97 Å². The molecule has 30 heavy (non-hydrogen) atoms. The van der Waals surface area contributed by atoms with Crippen LogP contribution in [0.3, 0.4) is 0 Å². The first-order chi connectivity index (χ1) is 14.7. The predicted octanol–water partition coefficient (Wildman–Crippen LogP) is 4.55. The van der Waals surface area contributed by atoms with Gasteiger partial charge in [-0.25, -0.2) is 4.79 Å². The summed E-state index contributed by atoms with van der Waals surface area (Å²) in [6.07, 6.45) is 0. The van der Waals surface area contributed by atoms with E-state index < -0.39 is 5.97 Å². The van der Waals surface area contributed by atoms with E-state index in [1.165, 1.54) is 0 Å². The highest BCUT2D eigenvalue weighted by atomic mass is 16.5. The molecule has 150 valence electrons. The Morgan fingerprint density at radius 2 is 1.33 bits per heavy atom. The van der Waals surface area contributed by atoms with Crippen molar-refractivity contribution in [2.45, 2.75) is 13.1 Å². The van der Waals surface area contributed by atoms with Crippen LogP contribution in [0.15, 0.2) is 91.0 Å². The van der Waals surface area contributed by atoms with Gasteiger partial charge in [-0.15, -0.1) is 0 Å². The molecule has 0 bridgehead atoms. The maximum absolute atomic E-state index is 12.9. The Labute approximate surface area is 174 Å². The molecule has 0 spiro atoms. The van der Waals surface area contributed by atoms with Crippen LogP contribution in [0.4, 0.5) is 0 Å². The van der Waals surface area contributed by atoms with Gasteiger partial charge in [-0.3, -0.25) is 4.79 Å². The number of amides is 1. The molecule has 0 fully saturated rings. The number of H-pyrrole nitrogens is 1. The number of benzene rings is 3. The number of nitrogens with one attached hydrogen (secondary N) is 1. The lowest BCUT2D eigenvalue weighted by atomic mass is 10.1. The fourth-order valence-corrected chi connectivity index (χ4v) is 3.32. The molecule has 0 atom stereocenters. The van der Waals surface area contributed by atoms with Crippen molar-refractivity contribution >= 4 is 22.8 Å². The van der Waals surface area contributed by atoms with Gasteiger partial charge in [0.2, 0.25) is 0 Å². The molecule has 4 rings (SSSR count). The maximum atomic E-state index is 12.9. The number of fused-ring (bicyclic) bond motifs is 1. The molecule has 4 aromatic rings. The van der Waals surface area contributed by atoms with E-state index in [4.69, 9.17) is 4.74 Å². The molecule has 0 unspecified atom stereocenters. The number of rotatable bonds is 7. The monoisotopic (exact) mass is 398 g/mol. The van der Waals surface area contributed by atoms with Gasteiger partial charge in [0, 0.05) is 24.0 Å². The smallest absolute Gasteiger partial charge is 0.355 e. The number of esters is 1. The molecule has 0 radical (unpaired) electrons. The minimum absolute atomic E-state index is 0.243. The first-order valence-electron chi connectivity index (χ1n) is 9.79. The lowest BCUT2D eigenvalue weighted by Gasteiger charge is -2.23. The first-order valence-corrected chi connectivity index (χ1v) is 9.79. The van der Waals surface area contributed by atoms with E-state index in [-0.39, 0.29) is 12.5 Å². The molecule has 5 nitrogen and oxygen atoms in total. The van der Waals surface area contributed by atoms with Crippen LogP contribution in [0.1, 0.15) is 21.6 Å². The van der Waals surface area contributed by atoms with Crippen molar-refractivity contribution in [2.75, 3.05) is 6.61 Å². The molecule has 0 aliphatic carbocycles. The molecule has 0 aliphatic heterocycles. The van der Waals surface area contributed by atoms with E-state index in [1.807, 2.05) is 84.9 Å². The van der Waals surface area contributed by atoms with Crippen LogP contribution in [-0.4, -0.2) is 28.4 Å². The number of carbonyl (C=O) groups excluding carboxylic acids is 2. The summed E-state index contributed by atoms with van der Waals surface area (Å²) in [6, 6.07) is 28.9. The van der Waals surface area contributed by atoms with Crippen molar-refractivity contribution < 1.29 is 14.3 Å². The number of para-hydroxylation sites is 1. The zero-order chi connectivity index (χ0) is 20.8. The minimum atomic E-state index is -0.543. The second-order valence-electron chi connectivity index (χ2n) is 7.07. The zero-order valence-electron chi connectivity index (χ0n) is 16.5. The molecule has 3 aromatic carbocycles. The molecular weight excluding hydrogens is 376 g/mol. The molecule has 5 heteroatoms. The Morgan fingerprint density at radius 1 is 0.767 bits per heavy atom. The summed E-state index contributed by atoms with van der Waals surface area (Å²) in [6.45, 7) is 0.574. The number of hydrogen-bond acceptors (Lipinski definition) is 3. The lowest BCUT2D eigenvalue weighted by molar-refractivity contribution is -0.135. The van der Waals surface area contributed by atoms with Crippen molar-refractivity contribution in [3.63, 3.8) is 0 Å². The van der Waals surface area contributed by atoms with Gasteiger partial charge in [-0.1, -0.05) is 78.9 Å². The Balaban J connectivity index is 1.44. The van der Waals surface area contributed by atoms with Crippen LogP contribution < -0.4 is 0 Å². The Hall–Kier alpha value is -3.86. The Morgan fingerprint density at radius 3 is 1.93 bits per heavy atom. The van der Waals surface area contributed by atoms with Gasteiger partial charge in [-0.05, 0) is 23.3 Å². The molecule has 0 saturated carbocycles. The molecule has 1 N–H and O–H groups in total. The van der Waals surface area contributed by atoms with Crippen LogP contribution in [0.2, 0.25) is 0 Å². The van der Waals surface area contributed by atoms with E-state index in [0.29, 0.717) is 18.8 Å². The average molecular weight is 398 g/mol. The minimum Gasteiger partial charge on any atom is -0.451 e. The highest BCUT2D eigenvalue weighted by molar-refractivity contribution is 5.95. The van der Waals surface area contributed by atoms with E-state index in [2.05, 4.69) is 4.98 Å². The predicted molar refractivity (Wildman–Crippen MR) is 116 cm³/mol. The van der Waals surface area contributed by atoms with Crippen molar-refractivity contribution in [3.05, 3.63) is 108 Å². The van der Waals surface area contributed by atoms with Gasteiger partial charge in [0.25, 0.3) is 5.91 Å². The van der Waals surface area contributed by atoms with Crippen LogP contribution >= 0.6 is 0 Å². The van der Waals surface area contributed by atoms with E-state index in [9.17, 15) is 9.59 Å². The quantitative estimate of drug-likeness (QED) is 0.465. The third-order valence-corrected chi connectivity index (χ3v) is 4.86. The highest BCUT2D eigenvalue weighted by Crippen LogP contribution is 2.16. The van der Waals surface area contributed by atoms with E-state index in [1.54, 1.807) is 11.0 Å². The normalized spacial score (nSPS) is 10.7. The topological polar surface area (TPSA) is 62.4 Å². The van der Waals surface area contributed by atoms with E-state index >= 15 is 0 Å². The largest absolute Gasteiger partial charge is 0.451 e.